The van der Waals surface area contributed by atoms with Crippen molar-refractivity contribution in [2.45, 2.75) is 240 Å². The zero-order chi connectivity index (χ0) is 38.8. The summed E-state index contributed by atoms with van der Waals surface area (Å²) in [7, 11) is 4.04. The van der Waals surface area contributed by atoms with Crippen molar-refractivity contribution in [2.24, 2.45) is 28.9 Å². The second kappa shape index (κ2) is 28.3. The zero-order valence-electron chi connectivity index (χ0n) is 36.3. The van der Waals surface area contributed by atoms with Crippen molar-refractivity contribution in [1.29, 1.82) is 0 Å². The molecule has 0 aromatic rings. The highest BCUT2D eigenvalue weighted by Crippen LogP contribution is 2.42. The SMILES string of the molecule is CCCCCCCCC(OC(=O)CC1CCC(OC(=O)CCCN(C)C)C1C)C(C)(C)CC(C)(N)C(CCCCCCCC)CCCCCCCC. The molecule has 6 nitrogen and oxygen atoms in total. The van der Waals surface area contributed by atoms with Crippen molar-refractivity contribution in [3.63, 3.8) is 0 Å². The normalized spacial score (nSPS) is 19.7. The van der Waals surface area contributed by atoms with E-state index in [9.17, 15) is 9.59 Å². The highest BCUT2D eigenvalue weighted by atomic mass is 16.5. The summed E-state index contributed by atoms with van der Waals surface area (Å²) in [6.07, 6.45) is 30.4. The van der Waals surface area contributed by atoms with Gasteiger partial charge in [-0.05, 0) is 96.7 Å². The molecule has 6 heteroatoms. The lowest BCUT2D eigenvalue weighted by molar-refractivity contribution is -0.159. The number of hydrogen-bond acceptors (Lipinski definition) is 6. The van der Waals surface area contributed by atoms with E-state index in [4.69, 9.17) is 15.2 Å². The lowest BCUT2D eigenvalue weighted by Crippen LogP contribution is -2.50. The maximum Gasteiger partial charge on any atom is 0.306 e. The van der Waals surface area contributed by atoms with E-state index in [0.717, 1.165) is 45.1 Å². The zero-order valence-corrected chi connectivity index (χ0v) is 36.3. The van der Waals surface area contributed by atoms with Crippen LogP contribution in [0.25, 0.3) is 0 Å². The Hall–Kier alpha value is -1.14. The quantitative estimate of drug-likeness (QED) is 0.0534. The third-order valence-electron chi connectivity index (χ3n) is 12.4. The van der Waals surface area contributed by atoms with Crippen LogP contribution in [0.5, 0.6) is 0 Å². The first-order chi connectivity index (χ1) is 24.8. The van der Waals surface area contributed by atoms with Crippen LogP contribution < -0.4 is 5.73 Å². The molecule has 0 aliphatic heterocycles. The van der Waals surface area contributed by atoms with Crippen LogP contribution in [-0.4, -0.2) is 55.2 Å². The van der Waals surface area contributed by atoms with Crippen LogP contribution in [0.1, 0.15) is 222 Å². The Balaban J connectivity index is 2.96. The highest BCUT2D eigenvalue weighted by Gasteiger charge is 2.42. The highest BCUT2D eigenvalue weighted by molar-refractivity contribution is 5.70. The summed E-state index contributed by atoms with van der Waals surface area (Å²) >= 11 is 0. The average Bonchev–Trinajstić information content (AvgIpc) is 3.40. The molecule has 0 saturated heterocycles. The molecule has 5 unspecified atom stereocenters. The van der Waals surface area contributed by atoms with Gasteiger partial charge in [-0.3, -0.25) is 9.59 Å². The summed E-state index contributed by atoms with van der Waals surface area (Å²) in [6.45, 7) is 16.8. The van der Waals surface area contributed by atoms with Gasteiger partial charge in [0.25, 0.3) is 0 Å². The van der Waals surface area contributed by atoms with Gasteiger partial charge in [-0.25, -0.2) is 0 Å². The molecular formula is C46H90N2O4. The van der Waals surface area contributed by atoms with E-state index in [2.05, 4.69) is 53.4 Å². The number of carbonyl (C=O) groups is 2. The number of hydrogen-bond donors (Lipinski definition) is 1. The molecule has 1 rings (SSSR count). The van der Waals surface area contributed by atoms with Crippen LogP contribution in [0.4, 0.5) is 0 Å². The van der Waals surface area contributed by atoms with Crippen LogP contribution >= 0.6 is 0 Å². The van der Waals surface area contributed by atoms with Gasteiger partial charge in [-0.15, -0.1) is 0 Å². The summed E-state index contributed by atoms with van der Waals surface area (Å²) in [6, 6.07) is 0. The van der Waals surface area contributed by atoms with Gasteiger partial charge in [-0.2, -0.15) is 0 Å². The Bertz CT molecular complexity index is 887. The molecule has 0 aromatic carbocycles. The number of carbonyl (C=O) groups excluding carboxylic acids is 2. The molecule has 0 radical (unpaired) electrons. The maximum atomic E-state index is 13.7. The predicted molar refractivity (Wildman–Crippen MR) is 223 cm³/mol. The fraction of sp³-hybridized carbons (Fsp3) is 0.957. The fourth-order valence-corrected chi connectivity index (χ4v) is 8.96. The first-order valence-electron chi connectivity index (χ1n) is 22.6. The Morgan fingerprint density at radius 1 is 0.692 bits per heavy atom. The van der Waals surface area contributed by atoms with Gasteiger partial charge < -0.3 is 20.1 Å². The van der Waals surface area contributed by atoms with Gasteiger partial charge in [0, 0.05) is 23.8 Å². The molecule has 52 heavy (non-hydrogen) atoms. The largest absolute Gasteiger partial charge is 0.462 e. The van der Waals surface area contributed by atoms with Gasteiger partial charge in [0.2, 0.25) is 0 Å². The monoisotopic (exact) mass is 735 g/mol. The summed E-state index contributed by atoms with van der Waals surface area (Å²) < 4.78 is 12.4. The van der Waals surface area contributed by atoms with E-state index in [-0.39, 0.29) is 46.9 Å². The molecule has 0 aromatic heterocycles. The molecule has 0 amide bonds. The van der Waals surface area contributed by atoms with Gasteiger partial charge in [0.15, 0.2) is 0 Å². The molecule has 0 heterocycles. The summed E-state index contributed by atoms with van der Waals surface area (Å²) in [5.41, 5.74) is 6.88. The fourth-order valence-electron chi connectivity index (χ4n) is 8.96. The smallest absolute Gasteiger partial charge is 0.306 e. The van der Waals surface area contributed by atoms with Crippen molar-refractivity contribution < 1.29 is 19.1 Å². The minimum absolute atomic E-state index is 0.0895. The first-order valence-corrected chi connectivity index (χ1v) is 22.6. The molecule has 308 valence electrons. The molecule has 1 aliphatic carbocycles. The second-order valence-electron chi connectivity index (χ2n) is 18.4. The molecule has 0 bridgehead atoms. The maximum absolute atomic E-state index is 13.7. The molecule has 1 saturated carbocycles. The average molecular weight is 735 g/mol. The minimum Gasteiger partial charge on any atom is -0.462 e. The number of esters is 2. The Morgan fingerprint density at radius 3 is 1.67 bits per heavy atom. The van der Waals surface area contributed by atoms with Gasteiger partial charge in [-0.1, -0.05) is 151 Å². The van der Waals surface area contributed by atoms with E-state index < -0.39 is 0 Å². The third-order valence-corrected chi connectivity index (χ3v) is 12.4. The number of nitrogens with zero attached hydrogens (tertiary/aromatic N) is 1. The molecule has 0 spiro atoms. The number of rotatable bonds is 33. The van der Waals surface area contributed by atoms with Crippen LogP contribution in [0, 0.1) is 23.2 Å². The molecule has 1 fully saturated rings. The van der Waals surface area contributed by atoms with Crippen LogP contribution in [0.3, 0.4) is 0 Å². The number of nitrogens with two attached hydrogens (primary N) is 1. The van der Waals surface area contributed by atoms with Gasteiger partial charge in [0.05, 0.1) is 0 Å². The van der Waals surface area contributed by atoms with Gasteiger partial charge in [0.1, 0.15) is 12.2 Å². The number of unbranched alkanes of at least 4 members (excludes halogenated alkanes) is 15. The van der Waals surface area contributed by atoms with Crippen molar-refractivity contribution in [1.82, 2.24) is 4.90 Å². The van der Waals surface area contributed by atoms with Crippen molar-refractivity contribution in [2.75, 3.05) is 20.6 Å². The lowest BCUT2D eigenvalue weighted by Gasteiger charge is -2.44. The van der Waals surface area contributed by atoms with Crippen LogP contribution in [-0.2, 0) is 19.1 Å². The molecule has 1 aliphatic rings. The minimum atomic E-state index is -0.314. The summed E-state index contributed by atoms with van der Waals surface area (Å²) in [5, 5.41) is 0. The number of ether oxygens (including phenoxy) is 2. The van der Waals surface area contributed by atoms with E-state index in [0.29, 0.717) is 18.8 Å². The third kappa shape index (κ3) is 21.7. The van der Waals surface area contributed by atoms with Crippen molar-refractivity contribution >= 4 is 11.9 Å². The van der Waals surface area contributed by atoms with E-state index in [1.807, 2.05) is 14.1 Å². The predicted octanol–water partition coefficient (Wildman–Crippen LogP) is 12.6. The van der Waals surface area contributed by atoms with E-state index >= 15 is 0 Å². The second-order valence-corrected chi connectivity index (χ2v) is 18.4. The van der Waals surface area contributed by atoms with Crippen LogP contribution in [0.15, 0.2) is 0 Å². The summed E-state index contributed by atoms with van der Waals surface area (Å²) in [5.74, 6) is 0.625. The molecule has 2 N–H and O–H groups in total. The van der Waals surface area contributed by atoms with Crippen LogP contribution in [0.2, 0.25) is 0 Å². The van der Waals surface area contributed by atoms with Crippen molar-refractivity contribution in [3.05, 3.63) is 0 Å². The van der Waals surface area contributed by atoms with Crippen molar-refractivity contribution in [3.8, 4) is 0 Å². The van der Waals surface area contributed by atoms with E-state index in [1.165, 1.54) is 122 Å². The molecular weight excluding hydrogens is 645 g/mol. The van der Waals surface area contributed by atoms with Gasteiger partial charge >= 0.3 is 11.9 Å². The molecule has 5 atom stereocenters. The Morgan fingerprint density at radius 2 is 1.17 bits per heavy atom. The Kier molecular flexibility index (Phi) is 26.6. The Labute approximate surface area is 324 Å². The standard InChI is InChI=1S/C46H90N2O4/c1-10-13-16-19-22-25-29-40(30-26-23-20-17-14-11-2)46(7,47)37-45(5,6)42(31-27-24-21-18-15-12-3)52-44(50)36-39-33-34-41(38(39)4)51-43(49)32-28-35-48(8)9/h38-42H,10-37,47H2,1-9H3. The first kappa shape index (κ1) is 48.9. The van der Waals surface area contributed by atoms with E-state index in [1.54, 1.807) is 0 Å². The lowest BCUT2D eigenvalue weighted by atomic mass is 9.67. The summed E-state index contributed by atoms with van der Waals surface area (Å²) in [4.78, 5) is 28.4. The topological polar surface area (TPSA) is 81.9 Å².